The monoisotopic (exact) mass is 682 g/mol. The molecule has 49 heavy (non-hydrogen) atoms. The predicted octanol–water partition coefficient (Wildman–Crippen LogP) is 12.8. The van der Waals surface area contributed by atoms with Crippen LogP contribution in [0.5, 0.6) is 23.0 Å². The van der Waals surface area contributed by atoms with Crippen molar-refractivity contribution in [1.82, 2.24) is 0 Å². The average molecular weight is 683 g/mol. The van der Waals surface area contributed by atoms with Crippen LogP contribution in [0.4, 0.5) is 0 Å². The van der Waals surface area contributed by atoms with Gasteiger partial charge in [-0.05, 0) is 95.9 Å². The molecule has 4 nitrogen and oxygen atoms in total. The van der Waals surface area contributed by atoms with Crippen molar-refractivity contribution in [3.8, 4) is 45.3 Å². The minimum absolute atomic E-state index is 0.241. The molecule has 0 aliphatic heterocycles. The fraction of sp³-hybridized carbons (Fsp3) is 0.455. The van der Waals surface area contributed by atoms with Gasteiger partial charge in [0.1, 0.15) is 23.0 Å². The van der Waals surface area contributed by atoms with E-state index in [0.717, 1.165) is 66.8 Å². The first-order chi connectivity index (χ1) is 22.3. The molecule has 2 N–H and O–H groups in total. The highest BCUT2D eigenvalue weighted by Gasteiger charge is 2.30. The molecule has 4 rings (SSSR count). The summed E-state index contributed by atoms with van der Waals surface area (Å²) in [5.41, 5.74) is 10.5. The highest BCUT2D eigenvalue weighted by molar-refractivity contribution is 7.27. The molecule has 0 fully saturated rings. The number of aromatic hydroxyl groups is 2. The van der Waals surface area contributed by atoms with Crippen molar-refractivity contribution in [3.05, 3.63) is 93.0 Å². The zero-order chi connectivity index (χ0) is 37.0. The van der Waals surface area contributed by atoms with Gasteiger partial charge in [0, 0.05) is 44.5 Å². The minimum atomic E-state index is -0.388. The fourth-order valence-corrected chi connectivity index (χ4v) is 7.14. The molecule has 0 aromatic heterocycles. The Labute approximate surface area is 298 Å². The Kier molecular flexibility index (Phi) is 10.4. The molecule has 0 aliphatic rings. The third kappa shape index (κ3) is 8.29. The minimum Gasteiger partial charge on any atom is -0.507 e. The third-order valence-corrected chi connectivity index (χ3v) is 9.65. The van der Waals surface area contributed by atoms with Crippen LogP contribution in [0, 0.1) is 27.7 Å². The number of phenols is 2. The van der Waals surface area contributed by atoms with Crippen LogP contribution < -0.4 is 9.05 Å². The Morgan fingerprint density at radius 1 is 0.388 bits per heavy atom. The molecule has 4 aromatic rings. The molecule has 0 amide bonds. The van der Waals surface area contributed by atoms with Gasteiger partial charge in [0.05, 0.1) is 0 Å². The zero-order valence-electron chi connectivity index (χ0n) is 32.8. The molecule has 0 spiro atoms. The van der Waals surface area contributed by atoms with E-state index in [0.29, 0.717) is 11.5 Å². The summed E-state index contributed by atoms with van der Waals surface area (Å²) in [5.74, 6) is 1.96. The van der Waals surface area contributed by atoms with Crippen LogP contribution in [0.1, 0.15) is 128 Å². The maximum absolute atomic E-state index is 11.7. The molecular weight excluding hydrogens is 623 g/mol. The molecule has 264 valence electrons. The number of phenolic OH excluding ortho intramolecular Hbond substituents is 2. The van der Waals surface area contributed by atoms with Gasteiger partial charge in [0.15, 0.2) is 0 Å². The van der Waals surface area contributed by atoms with Crippen LogP contribution >= 0.6 is 9.03 Å². The van der Waals surface area contributed by atoms with Crippen molar-refractivity contribution in [2.75, 3.05) is 0 Å². The lowest BCUT2D eigenvalue weighted by atomic mass is 9.80. The molecule has 0 atom stereocenters. The number of rotatable bonds is 6. The maximum atomic E-state index is 11.7. The van der Waals surface area contributed by atoms with Crippen LogP contribution in [-0.2, 0) is 21.7 Å². The summed E-state index contributed by atoms with van der Waals surface area (Å²) < 4.78 is 13.6. The summed E-state index contributed by atoms with van der Waals surface area (Å²) in [4.78, 5) is 0. The van der Waals surface area contributed by atoms with E-state index in [9.17, 15) is 10.2 Å². The van der Waals surface area contributed by atoms with E-state index in [-0.39, 0.29) is 42.2 Å². The van der Waals surface area contributed by atoms with Gasteiger partial charge >= 0.3 is 0 Å². The van der Waals surface area contributed by atoms with Gasteiger partial charge < -0.3 is 19.3 Å². The summed E-state index contributed by atoms with van der Waals surface area (Å²) in [5, 5.41) is 23.5. The van der Waals surface area contributed by atoms with Crippen LogP contribution in [0.15, 0.2) is 48.5 Å². The van der Waals surface area contributed by atoms with Gasteiger partial charge in [-0.2, -0.15) is 0 Å². The van der Waals surface area contributed by atoms with Gasteiger partial charge in [-0.25, -0.2) is 0 Å². The number of hydrogen-bond donors (Lipinski definition) is 2. The molecule has 0 bridgehead atoms. The van der Waals surface area contributed by atoms with Crippen molar-refractivity contribution >= 4 is 9.03 Å². The van der Waals surface area contributed by atoms with Gasteiger partial charge in [0.25, 0.3) is 9.03 Å². The van der Waals surface area contributed by atoms with Gasteiger partial charge in [-0.1, -0.05) is 107 Å². The molecule has 0 radical (unpaired) electrons. The summed E-state index contributed by atoms with van der Waals surface area (Å²) in [6.45, 7) is 34.2. The molecule has 4 aromatic carbocycles. The van der Waals surface area contributed by atoms with E-state index in [2.05, 4.69) is 147 Å². The molecular formula is C44H59O4P. The first-order valence-electron chi connectivity index (χ1n) is 17.4. The lowest BCUT2D eigenvalue weighted by Gasteiger charge is -2.29. The number of benzene rings is 4. The highest BCUT2D eigenvalue weighted by atomic mass is 31.1. The Bertz CT molecular complexity index is 1740. The van der Waals surface area contributed by atoms with Crippen LogP contribution in [0.2, 0.25) is 0 Å². The molecule has 0 aliphatic carbocycles. The van der Waals surface area contributed by atoms with Crippen LogP contribution in [0.25, 0.3) is 22.3 Å². The van der Waals surface area contributed by atoms with Crippen molar-refractivity contribution in [1.29, 1.82) is 0 Å². The van der Waals surface area contributed by atoms with Crippen molar-refractivity contribution in [2.24, 2.45) is 0 Å². The zero-order valence-corrected chi connectivity index (χ0v) is 33.8. The first-order valence-corrected chi connectivity index (χ1v) is 18.2. The Morgan fingerprint density at radius 2 is 0.633 bits per heavy atom. The lowest BCUT2D eigenvalue weighted by Crippen LogP contribution is -2.15. The summed E-state index contributed by atoms with van der Waals surface area (Å²) in [6, 6.07) is 16.8. The van der Waals surface area contributed by atoms with E-state index in [1.165, 1.54) is 0 Å². The van der Waals surface area contributed by atoms with Crippen LogP contribution in [-0.4, -0.2) is 10.2 Å². The SMILES string of the molecule is Cc1cc(-c2cc(C)cc(C(C)(C)C)c2OPOc2c(-c3cc(C)cc(C(C)(C)C)c3O)cc(C)cc2C(C)(C)C)c(O)c(C(C)(C)C)c1. The molecule has 0 heterocycles. The van der Waals surface area contributed by atoms with Gasteiger partial charge in [-0.3, -0.25) is 0 Å². The van der Waals surface area contributed by atoms with E-state index in [4.69, 9.17) is 9.05 Å². The lowest BCUT2D eigenvalue weighted by molar-refractivity contribution is 0.447. The van der Waals surface area contributed by atoms with Crippen molar-refractivity contribution < 1.29 is 19.3 Å². The average Bonchev–Trinajstić information content (AvgIpc) is 2.93. The Balaban J connectivity index is 1.93. The Morgan fingerprint density at radius 3 is 0.898 bits per heavy atom. The highest BCUT2D eigenvalue weighted by Crippen LogP contribution is 2.51. The third-order valence-electron chi connectivity index (χ3n) is 9.07. The van der Waals surface area contributed by atoms with E-state index < -0.39 is 0 Å². The number of hydrogen-bond acceptors (Lipinski definition) is 4. The summed E-state index contributed by atoms with van der Waals surface area (Å²) >= 11 is 0. The molecule has 0 saturated heterocycles. The predicted molar refractivity (Wildman–Crippen MR) is 210 cm³/mol. The molecule has 0 unspecified atom stereocenters. The van der Waals surface area contributed by atoms with E-state index in [1.807, 2.05) is 12.1 Å². The topological polar surface area (TPSA) is 58.9 Å². The second-order valence-electron chi connectivity index (χ2n) is 18.1. The van der Waals surface area contributed by atoms with E-state index >= 15 is 0 Å². The smallest absolute Gasteiger partial charge is 0.275 e. The quantitative estimate of drug-likeness (QED) is 0.199. The van der Waals surface area contributed by atoms with Gasteiger partial charge in [-0.15, -0.1) is 0 Å². The fourth-order valence-electron chi connectivity index (χ4n) is 6.50. The molecule has 0 saturated carbocycles. The van der Waals surface area contributed by atoms with Crippen molar-refractivity contribution in [2.45, 2.75) is 132 Å². The summed E-state index contributed by atoms with van der Waals surface area (Å²) in [7, 11) is -0.388. The standard InChI is InChI=1S/C44H59O4P/c1-25-17-29(37(45)33(21-25)41(5,6)7)31-19-27(3)23-35(43(11,12)13)39(31)47-49-48-40-32(20-28(4)24-36(40)44(14,15)16)30-18-26(2)22-34(38(30)46)42(8,9)10/h17-24,45-46,49H,1-16H3. The second-order valence-corrected chi connectivity index (χ2v) is 18.7. The maximum Gasteiger partial charge on any atom is 0.275 e. The van der Waals surface area contributed by atoms with E-state index in [1.54, 1.807) is 0 Å². The normalized spacial score (nSPS) is 12.7. The largest absolute Gasteiger partial charge is 0.507 e. The second kappa shape index (κ2) is 13.3. The Hall–Kier alpha value is -3.49. The number of aryl methyl sites for hydroxylation is 4. The van der Waals surface area contributed by atoms with Crippen LogP contribution in [0.3, 0.4) is 0 Å². The van der Waals surface area contributed by atoms with Gasteiger partial charge in [0.2, 0.25) is 0 Å². The first kappa shape index (κ1) is 38.3. The molecule has 5 heteroatoms. The van der Waals surface area contributed by atoms with Crippen molar-refractivity contribution in [3.63, 3.8) is 0 Å². The summed E-state index contributed by atoms with van der Waals surface area (Å²) in [6.07, 6.45) is 0.